The molecule has 2 atom stereocenters. The zero-order valence-electron chi connectivity index (χ0n) is 22.7. The van der Waals surface area contributed by atoms with E-state index in [-0.39, 0.29) is 30.8 Å². The van der Waals surface area contributed by atoms with Crippen molar-refractivity contribution in [2.75, 3.05) is 17.1 Å². The molecule has 0 saturated carbocycles. The maximum absolute atomic E-state index is 13.4. The summed E-state index contributed by atoms with van der Waals surface area (Å²) < 4.78 is 26.4. The van der Waals surface area contributed by atoms with Gasteiger partial charge >= 0.3 is 0 Å². The molecule has 7 nitrogen and oxygen atoms in total. The van der Waals surface area contributed by atoms with Crippen LogP contribution < -0.4 is 9.62 Å². The fourth-order valence-corrected chi connectivity index (χ4v) is 4.78. The Kier molecular flexibility index (Phi) is 10.5. The molecule has 0 fully saturated rings. The SMILES string of the molecule is CC[C@H](C)NC(=O)[C@@H](C)N(Cc1ccc(C)cc1)C(=O)CCCN(c1ccc(C)c(C)c1)S(C)(=O)=O. The predicted molar refractivity (Wildman–Crippen MR) is 146 cm³/mol. The first-order valence-electron chi connectivity index (χ1n) is 12.5. The third-order valence-corrected chi connectivity index (χ3v) is 7.77. The van der Waals surface area contributed by atoms with Crippen LogP contribution in [0.1, 0.15) is 62.3 Å². The van der Waals surface area contributed by atoms with Gasteiger partial charge < -0.3 is 10.2 Å². The van der Waals surface area contributed by atoms with Crippen molar-refractivity contribution < 1.29 is 18.0 Å². The Morgan fingerprint density at radius 1 is 0.972 bits per heavy atom. The minimum Gasteiger partial charge on any atom is -0.352 e. The summed E-state index contributed by atoms with van der Waals surface area (Å²) in [7, 11) is -3.52. The molecule has 36 heavy (non-hydrogen) atoms. The molecule has 0 spiro atoms. The number of rotatable bonds is 12. The molecule has 198 valence electrons. The van der Waals surface area contributed by atoms with Gasteiger partial charge in [0.1, 0.15) is 6.04 Å². The molecule has 2 aromatic carbocycles. The van der Waals surface area contributed by atoms with Crippen LogP contribution in [0.3, 0.4) is 0 Å². The van der Waals surface area contributed by atoms with Crippen LogP contribution in [-0.4, -0.2) is 50.0 Å². The Bertz CT molecular complexity index is 1150. The van der Waals surface area contributed by atoms with E-state index in [0.717, 1.165) is 28.7 Å². The molecule has 2 aromatic rings. The van der Waals surface area contributed by atoms with Crippen LogP contribution in [0.5, 0.6) is 0 Å². The molecule has 2 rings (SSSR count). The lowest BCUT2D eigenvalue weighted by molar-refractivity contribution is -0.140. The second kappa shape index (κ2) is 12.9. The number of anilines is 1. The molecule has 8 heteroatoms. The van der Waals surface area contributed by atoms with E-state index in [2.05, 4.69) is 5.32 Å². The molecule has 0 radical (unpaired) electrons. The number of nitrogens with one attached hydrogen (secondary N) is 1. The van der Waals surface area contributed by atoms with E-state index in [1.165, 1.54) is 10.6 Å². The Morgan fingerprint density at radius 2 is 1.61 bits per heavy atom. The van der Waals surface area contributed by atoms with Crippen molar-refractivity contribution >= 4 is 27.5 Å². The van der Waals surface area contributed by atoms with Gasteiger partial charge in [0.15, 0.2) is 0 Å². The van der Waals surface area contributed by atoms with Gasteiger partial charge in [-0.2, -0.15) is 0 Å². The lowest BCUT2D eigenvalue weighted by atomic mass is 10.1. The summed E-state index contributed by atoms with van der Waals surface area (Å²) in [6.07, 6.45) is 2.44. The van der Waals surface area contributed by atoms with Crippen molar-refractivity contribution in [3.63, 3.8) is 0 Å². The Balaban J connectivity index is 2.18. The average Bonchev–Trinajstić information content (AvgIpc) is 2.81. The smallest absolute Gasteiger partial charge is 0.242 e. The van der Waals surface area contributed by atoms with Crippen LogP contribution in [0, 0.1) is 20.8 Å². The fourth-order valence-electron chi connectivity index (χ4n) is 3.82. The molecular formula is C28H41N3O4S. The molecule has 0 bridgehead atoms. The van der Waals surface area contributed by atoms with Gasteiger partial charge in [-0.3, -0.25) is 13.9 Å². The summed E-state index contributed by atoms with van der Waals surface area (Å²) in [6.45, 7) is 12.1. The number of aryl methyl sites for hydroxylation is 3. The minimum atomic E-state index is -3.52. The number of hydrogen-bond acceptors (Lipinski definition) is 4. The van der Waals surface area contributed by atoms with Gasteiger partial charge in [0, 0.05) is 25.6 Å². The summed E-state index contributed by atoms with van der Waals surface area (Å²) in [5.74, 6) is -0.381. The van der Waals surface area contributed by atoms with Gasteiger partial charge in [-0.1, -0.05) is 42.8 Å². The summed E-state index contributed by atoms with van der Waals surface area (Å²) in [5.41, 5.74) is 4.73. The Hall–Kier alpha value is -2.87. The zero-order valence-corrected chi connectivity index (χ0v) is 23.5. The minimum absolute atomic E-state index is 0.0116. The molecule has 0 aromatic heterocycles. The molecule has 0 aliphatic carbocycles. The second-order valence-electron chi connectivity index (χ2n) is 9.71. The number of benzene rings is 2. The van der Waals surface area contributed by atoms with Crippen molar-refractivity contribution in [2.24, 2.45) is 0 Å². The van der Waals surface area contributed by atoms with Crippen LogP contribution >= 0.6 is 0 Å². The maximum Gasteiger partial charge on any atom is 0.242 e. The molecule has 2 amide bonds. The highest BCUT2D eigenvalue weighted by Gasteiger charge is 2.27. The van der Waals surface area contributed by atoms with Crippen molar-refractivity contribution in [2.45, 2.75) is 79.4 Å². The first-order chi connectivity index (χ1) is 16.8. The summed E-state index contributed by atoms with van der Waals surface area (Å²) >= 11 is 0. The molecule has 0 aliphatic heterocycles. The van der Waals surface area contributed by atoms with Crippen LogP contribution in [0.2, 0.25) is 0 Å². The number of carbonyl (C=O) groups excluding carboxylic acids is 2. The molecule has 0 saturated heterocycles. The van der Waals surface area contributed by atoms with Gasteiger partial charge in [-0.15, -0.1) is 0 Å². The predicted octanol–water partition coefficient (Wildman–Crippen LogP) is 4.49. The van der Waals surface area contributed by atoms with Gasteiger partial charge in [-0.05, 0) is 76.3 Å². The Morgan fingerprint density at radius 3 is 2.17 bits per heavy atom. The van der Waals surface area contributed by atoms with Crippen LogP contribution in [-0.2, 0) is 26.2 Å². The molecule has 1 N–H and O–H groups in total. The van der Waals surface area contributed by atoms with Crippen LogP contribution in [0.25, 0.3) is 0 Å². The zero-order chi connectivity index (χ0) is 27.0. The van der Waals surface area contributed by atoms with Crippen molar-refractivity contribution in [3.8, 4) is 0 Å². The second-order valence-corrected chi connectivity index (χ2v) is 11.6. The highest BCUT2D eigenvalue weighted by Crippen LogP contribution is 2.22. The Labute approximate surface area is 216 Å². The van der Waals surface area contributed by atoms with Crippen molar-refractivity contribution in [1.82, 2.24) is 10.2 Å². The van der Waals surface area contributed by atoms with Crippen LogP contribution in [0.4, 0.5) is 5.69 Å². The topological polar surface area (TPSA) is 86.8 Å². The number of sulfonamides is 1. The van der Waals surface area contributed by atoms with E-state index >= 15 is 0 Å². The average molecular weight is 516 g/mol. The third kappa shape index (κ3) is 8.36. The van der Waals surface area contributed by atoms with E-state index in [1.54, 1.807) is 17.9 Å². The first kappa shape index (κ1) is 29.4. The van der Waals surface area contributed by atoms with Gasteiger partial charge in [0.2, 0.25) is 21.8 Å². The summed E-state index contributed by atoms with van der Waals surface area (Å²) in [6, 6.07) is 12.8. The van der Waals surface area contributed by atoms with Gasteiger partial charge in [-0.25, -0.2) is 8.42 Å². The normalized spacial score (nSPS) is 13.1. The lowest BCUT2D eigenvalue weighted by Gasteiger charge is -2.30. The maximum atomic E-state index is 13.4. The van der Waals surface area contributed by atoms with Gasteiger partial charge in [0.25, 0.3) is 0 Å². The van der Waals surface area contributed by atoms with Crippen LogP contribution in [0.15, 0.2) is 42.5 Å². The third-order valence-electron chi connectivity index (χ3n) is 6.57. The molecule has 0 unspecified atom stereocenters. The van der Waals surface area contributed by atoms with E-state index in [4.69, 9.17) is 0 Å². The quantitative estimate of drug-likeness (QED) is 0.451. The van der Waals surface area contributed by atoms with Gasteiger partial charge in [0.05, 0.1) is 11.9 Å². The highest BCUT2D eigenvalue weighted by molar-refractivity contribution is 7.92. The largest absolute Gasteiger partial charge is 0.352 e. The van der Waals surface area contributed by atoms with E-state index in [9.17, 15) is 18.0 Å². The highest BCUT2D eigenvalue weighted by atomic mass is 32.2. The molecular weight excluding hydrogens is 474 g/mol. The first-order valence-corrected chi connectivity index (χ1v) is 14.4. The summed E-state index contributed by atoms with van der Waals surface area (Å²) in [5, 5.41) is 2.96. The van der Waals surface area contributed by atoms with Crippen molar-refractivity contribution in [3.05, 3.63) is 64.7 Å². The standard InChI is InChI=1S/C28H41N3O4S/c1-8-23(5)29-28(33)24(6)30(19-25-14-11-20(2)12-15-25)27(32)10-9-17-31(36(7,34)35)26-16-13-21(3)22(4)18-26/h11-16,18,23-24H,8-10,17,19H2,1-7H3,(H,29,33)/t23-,24+/m0/s1. The lowest BCUT2D eigenvalue weighted by Crippen LogP contribution is -2.49. The summed E-state index contributed by atoms with van der Waals surface area (Å²) in [4.78, 5) is 27.8. The van der Waals surface area contributed by atoms with Crippen molar-refractivity contribution in [1.29, 1.82) is 0 Å². The number of nitrogens with zero attached hydrogens (tertiary/aromatic N) is 2. The van der Waals surface area contributed by atoms with E-state index in [1.807, 2.05) is 71.0 Å². The number of amides is 2. The van der Waals surface area contributed by atoms with E-state index in [0.29, 0.717) is 18.7 Å². The molecule has 0 heterocycles. The number of hydrogen-bond donors (Lipinski definition) is 1. The monoisotopic (exact) mass is 515 g/mol. The number of carbonyl (C=O) groups is 2. The van der Waals surface area contributed by atoms with E-state index < -0.39 is 16.1 Å². The fraction of sp³-hybridized carbons (Fsp3) is 0.500. The molecule has 0 aliphatic rings.